The van der Waals surface area contributed by atoms with Crippen molar-refractivity contribution in [3.63, 3.8) is 0 Å². The summed E-state index contributed by atoms with van der Waals surface area (Å²) in [5.74, 6) is 0.185. The quantitative estimate of drug-likeness (QED) is 0.652. The first-order chi connectivity index (χ1) is 7.13. The maximum atomic E-state index is 11.8. The van der Waals surface area contributed by atoms with Gasteiger partial charge < -0.3 is 10.6 Å². The van der Waals surface area contributed by atoms with Gasteiger partial charge in [-0.15, -0.1) is 0 Å². The van der Waals surface area contributed by atoms with E-state index in [1.165, 1.54) is 0 Å². The fraction of sp³-hybridized carbons (Fsp3) is 0.417. The van der Waals surface area contributed by atoms with Gasteiger partial charge in [-0.05, 0) is 37.1 Å². The van der Waals surface area contributed by atoms with Crippen molar-refractivity contribution in [2.24, 2.45) is 0 Å². The van der Waals surface area contributed by atoms with Gasteiger partial charge in [0.15, 0.2) is 0 Å². The molecule has 1 aromatic rings. The van der Waals surface area contributed by atoms with Gasteiger partial charge in [-0.2, -0.15) is 0 Å². The Hall–Kier alpha value is -0.991. The zero-order valence-corrected chi connectivity index (χ0v) is 10.6. The first kappa shape index (κ1) is 13.1. The number of hydrogen-bond acceptors (Lipinski definition) is 2. The van der Waals surface area contributed by atoms with E-state index in [9.17, 15) is 4.79 Å². The number of nitrogens with two attached hydrogens (primary N) is 1. The number of carbonyl (C=O) groups excluding carboxylic acids is 1. The summed E-state index contributed by atoms with van der Waals surface area (Å²) in [6.45, 7) is 4.16. The molecule has 0 saturated carbocycles. The smallest absolute Gasteiger partial charge is 0.231 e. The summed E-state index contributed by atoms with van der Waals surface area (Å²) in [7, 11) is 0. The van der Waals surface area contributed by atoms with E-state index >= 15 is 0 Å². The fourth-order valence-electron chi connectivity index (χ4n) is 2.03. The standard InChI is InChI=1S/C12H16N2O.Fe/c1-3-8(2)14-11-5-4-10(13)6-9(11)7-12(14)15;/h4-6,8H,3,7,13H2,1-2H3;. The average Bonchev–Trinajstić information content (AvgIpc) is 2.52. The summed E-state index contributed by atoms with van der Waals surface area (Å²) in [5.41, 5.74) is 8.52. The van der Waals surface area contributed by atoms with Gasteiger partial charge in [-0.1, -0.05) is 6.92 Å². The molecule has 1 aliphatic heterocycles. The minimum absolute atomic E-state index is 0. The molecule has 0 radical (unpaired) electrons. The molecule has 4 heteroatoms. The monoisotopic (exact) mass is 260 g/mol. The van der Waals surface area contributed by atoms with Crippen LogP contribution in [0.2, 0.25) is 0 Å². The Kier molecular flexibility index (Phi) is 4.00. The second kappa shape index (κ2) is 4.89. The van der Waals surface area contributed by atoms with Crippen molar-refractivity contribution in [2.75, 3.05) is 10.6 Å². The normalized spacial score (nSPS) is 15.6. The second-order valence-corrected chi connectivity index (χ2v) is 4.09. The summed E-state index contributed by atoms with van der Waals surface area (Å²) in [6.07, 6.45) is 1.46. The molecule has 1 unspecified atom stereocenters. The number of nitrogen functional groups attached to an aromatic ring is 1. The van der Waals surface area contributed by atoms with Crippen LogP contribution >= 0.6 is 0 Å². The van der Waals surface area contributed by atoms with Crippen LogP contribution in [0.25, 0.3) is 0 Å². The molecular formula is C12H16FeN2O. The number of carbonyl (C=O) groups is 1. The Bertz CT molecular complexity index is 406. The molecule has 1 aliphatic rings. The molecule has 1 amide bonds. The van der Waals surface area contributed by atoms with Gasteiger partial charge in [-0.25, -0.2) is 0 Å². The van der Waals surface area contributed by atoms with Gasteiger partial charge in [0.1, 0.15) is 0 Å². The van der Waals surface area contributed by atoms with Crippen molar-refractivity contribution in [3.8, 4) is 0 Å². The minimum Gasteiger partial charge on any atom is -0.399 e. The zero-order chi connectivity index (χ0) is 11.0. The van der Waals surface area contributed by atoms with Crippen LogP contribution in [0.5, 0.6) is 0 Å². The van der Waals surface area contributed by atoms with Crippen LogP contribution in [-0.2, 0) is 28.3 Å². The fourth-order valence-corrected chi connectivity index (χ4v) is 2.03. The molecule has 0 aromatic heterocycles. The van der Waals surface area contributed by atoms with Crippen molar-refractivity contribution in [1.29, 1.82) is 0 Å². The third-order valence-electron chi connectivity index (χ3n) is 3.01. The van der Waals surface area contributed by atoms with E-state index in [0.717, 1.165) is 23.4 Å². The molecule has 1 atom stereocenters. The van der Waals surface area contributed by atoms with E-state index in [2.05, 4.69) is 13.8 Å². The van der Waals surface area contributed by atoms with Crippen LogP contribution in [0, 0.1) is 0 Å². The largest absolute Gasteiger partial charge is 0.399 e. The van der Waals surface area contributed by atoms with Crippen LogP contribution in [0.3, 0.4) is 0 Å². The Morgan fingerprint density at radius 3 is 2.81 bits per heavy atom. The van der Waals surface area contributed by atoms with E-state index < -0.39 is 0 Å². The molecule has 2 rings (SSSR count). The van der Waals surface area contributed by atoms with Crippen LogP contribution in [0.4, 0.5) is 11.4 Å². The number of fused-ring (bicyclic) bond motifs is 1. The Morgan fingerprint density at radius 1 is 1.50 bits per heavy atom. The molecule has 0 aliphatic carbocycles. The van der Waals surface area contributed by atoms with Gasteiger partial charge in [0.2, 0.25) is 5.91 Å². The Balaban J connectivity index is 0.00000128. The third-order valence-corrected chi connectivity index (χ3v) is 3.01. The molecule has 2 N–H and O–H groups in total. The van der Waals surface area contributed by atoms with E-state index in [1.807, 2.05) is 23.1 Å². The zero-order valence-electron chi connectivity index (χ0n) is 9.51. The number of hydrogen-bond donors (Lipinski definition) is 1. The molecule has 0 spiro atoms. The molecule has 0 fully saturated rings. The van der Waals surface area contributed by atoms with Crippen molar-refractivity contribution in [1.82, 2.24) is 0 Å². The molecule has 0 saturated heterocycles. The van der Waals surface area contributed by atoms with Gasteiger partial charge in [0.05, 0.1) is 6.42 Å². The maximum Gasteiger partial charge on any atom is 0.231 e. The minimum atomic E-state index is 0. The van der Waals surface area contributed by atoms with Crippen molar-refractivity contribution >= 4 is 17.3 Å². The number of benzene rings is 1. The van der Waals surface area contributed by atoms with Crippen LogP contribution in [-0.4, -0.2) is 11.9 Å². The molecule has 16 heavy (non-hydrogen) atoms. The van der Waals surface area contributed by atoms with Gasteiger partial charge >= 0.3 is 0 Å². The van der Waals surface area contributed by atoms with E-state index in [0.29, 0.717) is 6.42 Å². The summed E-state index contributed by atoms with van der Waals surface area (Å²) >= 11 is 0. The summed E-state index contributed by atoms with van der Waals surface area (Å²) in [4.78, 5) is 13.7. The first-order valence-corrected chi connectivity index (χ1v) is 5.34. The predicted octanol–water partition coefficient (Wildman–Crippen LogP) is 1.95. The Morgan fingerprint density at radius 2 is 2.19 bits per heavy atom. The summed E-state index contributed by atoms with van der Waals surface area (Å²) in [6, 6.07) is 5.96. The molecule has 88 valence electrons. The van der Waals surface area contributed by atoms with Gasteiger partial charge in [0, 0.05) is 34.5 Å². The summed E-state index contributed by atoms with van der Waals surface area (Å²) < 4.78 is 0. The molecular weight excluding hydrogens is 244 g/mol. The molecule has 3 nitrogen and oxygen atoms in total. The number of anilines is 2. The molecule has 1 aromatic carbocycles. The van der Waals surface area contributed by atoms with E-state index in [-0.39, 0.29) is 29.0 Å². The summed E-state index contributed by atoms with van der Waals surface area (Å²) in [5, 5.41) is 0. The van der Waals surface area contributed by atoms with Crippen molar-refractivity contribution in [3.05, 3.63) is 23.8 Å². The average molecular weight is 260 g/mol. The van der Waals surface area contributed by atoms with Crippen LogP contribution < -0.4 is 10.6 Å². The number of amides is 1. The predicted molar refractivity (Wildman–Crippen MR) is 61.8 cm³/mol. The van der Waals surface area contributed by atoms with Crippen molar-refractivity contribution in [2.45, 2.75) is 32.7 Å². The molecule has 1 heterocycles. The van der Waals surface area contributed by atoms with Crippen LogP contribution in [0.15, 0.2) is 18.2 Å². The van der Waals surface area contributed by atoms with Crippen molar-refractivity contribution < 1.29 is 21.9 Å². The van der Waals surface area contributed by atoms with Gasteiger partial charge in [-0.3, -0.25) is 4.79 Å². The van der Waals surface area contributed by atoms with E-state index in [4.69, 9.17) is 5.73 Å². The molecule has 0 bridgehead atoms. The topological polar surface area (TPSA) is 46.3 Å². The number of nitrogens with zero attached hydrogens (tertiary/aromatic N) is 1. The first-order valence-electron chi connectivity index (χ1n) is 5.34. The Labute approximate surface area is 106 Å². The van der Waals surface area contributed by atoms with Crippen LogP contribution in [0.1, 0.15) is 25.8 Å². The third kappa shape index (κ3) is 2.08. The number of rotatable bonds is 2. The SMILES string of the molecule is CCC(C)N1C(=O)Cc2cc(N)ccc21.[Fe]. The second-order valence-electron chi connectivity index (χ2n) is 4.09. The van der Waals surface area contributed by atoms with E-state index in [1.54, 1.807) is 0 Å². The maximum absolute atomic E-state index is 11.8. The van der Waals surface area contributed by atoms with Gasteiger partial charge in [0.25, 0.3) is 0 Å².